The van der Waals surface area contributed by atoms with Gasteiger partial charge >= 0.3 is 6.18 Å². The van der Waals surface area contributed by atoms with Crippen LogP contribution < -0.4 is 10.6 Å². The number of aromatic nitrogens is 1. The van der Waals surface area contributed by atoms with Crippen LogP contribution in [0.1, 0.15) is 5.56 Å². The lowest BCUT2D eigenvalue weighted by Gasteiger charge is -2.36. The van der Waals surface area contributed by atoms with Crippen LogP contribution in [-0.4, -0.2) is 48.8 Å². The first-order valence-corrected chi connectivity index (χ1v) is 7.07. The van der Waals surface area contributed by atoms with Crippen LogP contribution in [-0.2, 0) is 6.54 Å². The van der Waals surface area contributed by atoms with Crippen molar-refractivity contribution in [1.82, 2.24) is 9.88 Å². The summed E-state index contributed by atoms with van der Waals surface area (Å²) in [6, 6.07) is 1.89. The Morgan fingerprint density at radius 3 is 2.45 bits per heavy atom. The molecule has 0 atom stereocenters. The lowest BCUT2D eigenvalue weighted by Crippen LogP contribution is -2.49. The van der Waals surface area contributed by atoms with E-state index in [1.54, 1.807) is 6.20 Å². The van der Waals surface area contributed by atoms with Gasteiger partial charge in [0, 0.05) is 49.0 Å². The number of hydrogen-bond donors (Lipinski definition) is 1. The first-order valence-electron chi connectivity index (χ1n) is 6.27. The van der Waals surface area contributed by atoms with Crippen molar-refractivity contribution in [3.05, 3.63) is 22.3 Å². The molecule has 1 aromatic rings. The molecule has 0 saturated carbocycles. The Kier molecular flexibility index (Phi) is 4.87. The first-order chi connectivity index (χ1) is 9.39. The summed E-state index contributed by atoms with van der Waals surface area (Å²) >= 11 is 3.33. The van der Waals surface area contributed by atoms with E-state index in [-0.39, 0.29) is 0 Å². The van der Waals surface area contributed by atoms with Gasteiger partial charge in [0.2, 0.25) is 0 Å². The van der Waals surface area contributed by atoms with Gasteiger partial charge in [0.15, 0.2) is 0 Å². The number of halogens is 4. The largest absolute Gasteiger partial charge is 0.401 e. The van der Waals surface area contributed by atoms with E-state index in [0.29, 0.717) is 32.7 Å². The van der Waals surface area contributed by atoms with Gasteiger partial charge in [0.25, 0.3) is 0 Å². The highest BCUT2D eigenvalue weighted by Gasteiger charge is 2.32. The molecule has 2 rings (SSSR count). The molecular weight excluding hydrogens is 337 g/mol. The fourth-order valence-corrected chi connectivity index (χ4v) is 2.66. The van der Waals surface area contributed by atoms with Crippen LogP contribution in [0.4, 0.5) is 19.0 Å². The van der Waals surface area contributed by atoms with Crippen molar-refractivity contribution in [2.24, 2.45) is 5.73 Å². The van der Waals surface area contributed by atoms with E-state index in [2.05, 4.69) is 20.9 Å². The van der Waals surface area contributed by atoms with Crippen LogP contribution in [0, 0.1) is 0 Å². The highest BCUT2D eigenvalue weighted by atomic mass is 79.9. The zero-order valence-electron chi connectivity index (χ0n) is 10.8. The van der Waals surface area contributed by atoms with Crippen LogP contribution in [0.25, 0.3) is 0 Å². The van der Waals surface area contributed by atoms with E-state index in [9.17, 15) is 13.2 Å². The van der Waals surface area contributed by atoms with Gasteiger partial charge in [0.1, 0.15) is 5.82 Å². The van der Waals surface area contributed by atoms with Crippen LogP contribution >= 0.6 is 15.9 Å². The molecule has 0 bridgehead atoms. The van der Waals surface area contributed by atoms with Gasteiger partial charge in [-0.3, -0.25) is 4.90 Å². The molecule has 20 heavy (non-hydrogen) atoms. The molecule has 2 heterocycles. The zero-order valence-corrected chi connectivity index (χ0v) is 12.4. The van der Waals surface area contributed by atoms with Crippen molar-refractivity contribution in [3.8, 4) is 0 Å². The molecule has 112 valence electrons. The second-order valence-corrected chi connectivity index (χ2v) is 5.63. The van der Waals surface area contributed by atoms with Crippen LogP contribution in [0.3, 0.4) is 0 Å². The van der Waals surface area contributed by atoms with E-state index < -0.39 is 12.7 Å². The van der Waals surface area contributed by atoms with Gasteiger partial charge < -0.3 is 10.6 Å². The fourth-order valence-electron chi connectivity index (χ4n) is 2.28. The highest BCUT2D eigenvalue weighted by molar-refractivity contribution is 9.10. The Morgan fingerprint density at radius 2 is 1.90 bits per heavy atom. The van der Waals surface area contributed by atoms with E-state index in [4.69, 9.17) is 5.73 Å². The number of piperazine rings is 1. The number of nitrogens with zero attached hydrogens (tertiary/aromatic N) is 3. The summed E-state index contributed by atoms with van der Waals surface area (Å²) < 4.78 is 37.8. The molecule has 0 aromatic carbocycles. The summed E-state index contributed by atoms with van der Waals surface area (Å²) in [5.41, 5.74) is 6.58. The molecule has 8 heteroatoms. The van der Waals surface area contributed by atoms with Crippen LogP contribution in [0.5, 0.6) is 0 Å². The molecule has 0 spiro atoms. The van der Waals surface area contributed by atoms with Crippen LogP contribution in [0.2, 0.25) is 0 Å². The van der Waals surface area contributed by atoms with Crippen molar-refractivity contribution < 1.29 is 13.2 Å². The minimum absolute atomic E-state index is 0.352. The van der Waals surface area contributed by atoms with Gasteiger partial charge in [-0.1, -0.05) is 0 Å². The number of anilines is 1. The second kappa shape index (κ2) is 6.28. The number of pyridine rings is 1. The fraction of sp³-hybridized carbons (Fsp3) is 0.583. The van der Waals surface area contributed by atoms with Gasteiger partial charge in [-0.15, -0.1) is 0 Å². The predicted octanol–water partition coefficient (Wildman–Crippen LogP) is 1.99. The van der Waals surface area contributed by atoms with Crippen LogP contribution in [0.15, 0.2) is 16.7 Å². The highest BCUT2D eigenvalue weighted by Crippen LogP contribution is 2.23. The zero-order chi connectivity index (χ0) is 14.8. The van der Waals surface area contributed by atoms with E-state index in [0.717, 1.165) is 15.9 Å². The van der Waals surface area contributed by atoms with Crippen molar-refractivity contribution >= 4 is 21.7 Å². The SMILES string of the molecule is NCc1cc(Br)cnc1N1CCN(CC(F)(F)F)CC1. The summed E-state index contributed by atoms with van der Waals surface area (Å²) in [6.45, 7) is 1.31. The van der Waals surface area contributed by atoms with Gasteiger partial charge in [-0.25, -0.2) is 4.98 Å². The number of nitrogens with two attached hydrogens (primary N) is 1. The number of rotatable bonds is 3. The maximum atomic E-state index is 12.3. The molecule has 1 aliphatic heterocycles. The minimum Gasteiger partial charge on any atom is -0.354 e. The first kappa shape index (κ1) is 15.5. The average Bonchev–Trinajstić information content (AvgIpc) is 2.38. The average molecular weight is 353 g/mol. The Bertz CT molecular complexity index is 459. The lowest BCUT2D eigenvalue weighted by atomic mass is 10.2. The molecule has 1 fully saturated rings. The molecule has 0 radical (unpaired) electrons. The van der Waals surface area contributed by atoms with Crippen molar-refractivity contribution in [2.45, 2.75) is 12.7 Å². The van der Waals surface area contributed by atoms with Gasteiger partial charge in [-0.05, 0) is 22.0 Å². The molecule has 0 unspecified atom stereocenters. The normalized spacial score (nSPS) is 17.6. The van der Waals surface area contributed by atoms with Crippen molar-refractivity contribution in [2.75, 3.05) is 37.6 Å². The van der Waals surface area contributed by atoms with E-state index in [1.165, 1.54) is 4.90 Å². The Hall–Kier alpha value is -0.860. The third-order valence-corrected chi connectivity index (χ3v) is 3.64. The monoisotopic (exact) mass is 352 g/mol. The smallest absolute Gasteiger partial charge is 0.354 e. The van der Waals surface area contributed by atoms with E-state index >= 15 is 0 Å². The summed E-state index contributed by atoms with van der Waals surface area (Å²) in [5, 5.41) is 0. The Labute approximate surface area is 123 Å². The predicted molar refractivity (Wildman–Crippen MR) is 74.5 cm³/mol. The summed E-state index contributed by atoms with van der Waals surface area (Å²) in [4.78, 5) is 7.73. The van der Waals surface area contributed by atoms with E-state index in [1.807, 2.05) is 11.0 Å². The summed E-state index contributed by atoms with van der Waals surface area (Å²) in [6.07, 6.45) is -2.46. The molecule has 1 aromatic heterocycles. The number of alkyl halides is 3. The number of hydrogen-bond acceptors (Lipinski definition) is 4. The quantitative estimate of drug-likeness (QED) is 0.903. The molecule has 2 N–H and O–H groups in total. The molecule has 0 aliphatic carbocycles. The summed E-state index contributed by atoms with van der Waals surface area (Å²) in [5.74, 6) is 0.766. The molecular formula is C12H16BrF3N4. The summed E-state index contributed by atoms with van der Waals surface area (Å²) in [7, 11) is 0. The second-order valence-electron chi connectivity index (χ2n) is 4.72. The minimum atomic E-state index is -4.14. The third kappa shape index (κ3) is 4.07. The standard InChI is InChI=1S/C12H16BrF3N4/c13-10-5-9(6-17)11(18-7-10)20-3-1-19(2-4-20)8-12(14,15)16/h5,7H,1-4,6,8,17H2. The molecule has 1 aliphatic rings. The third-order valence-electron chi connectivity index (χ3n) is 3.20. The maximum absolute atomic E-state index is 12.3. The Balaban J connectivity index is 2.00. The van der Waals surface area contributed by atoms with Crippen molar-refractivity contribution in [3.63, 3.8) is 0 Å². The molecule has 4 nitrogen and oxygen atoms in total. The molecule has 0 amide bonds. The topological polar surface area (TPSA) is 45.4 Å². The Morgan fingerprint density at radius 1 is 1.25 bits per heavy atom. The van der Waals surface area contributed by atoms with Gasteiger partial charge in [0.05, 0.1) is 6.54 Å². The van der Waals surface area contributed by atoms with Gasteiger partial charge in [-0.2, -0.15) is 13.2 Å². The maximum Gasteiger partial charge on any atom is 0.401 e. The van der Waals surface area contributed by atoms with Crippen molar-refractivity contribution in [1.29, 1.82) is 0 Å². The lowest BCUT2D eigenvalue weighted by molar-refractivity contribution is -0.146. The molecule has 1 saturated heterocycles.